The zero-order valence-electron chi connectivity index (χ0n) is 12.6. The molecule has 0 fully saturated rings. The van der Waals surface area contributed by atoms with Gasteiger partial charge in [0.15, 0.2) is 11.5 Å². The first kappa shape index (κ1) is 16.4. The highest BCUT2D eigenvalue weighted by atomic mass is 79.9. The number of ether oxygens (including phenoxy) is 2. The molecule has 19 heavy (non-hydrogen) atoms. The summed E-state index contributed by atoms with van der Waals surface area (Å²) in [5, 5.41) is 0. The third kappa shape index (κ3) is 5.43. The van der Waals surface area contributed by atoms with E-state index in [1.54, 1.807) is 0 Å². The Hall–Kier alpha value is -0.700. The van der Waals surface area contributed by atoms with Gasteiger partial charge in [-0.2, -0.15) is 0 Å². The summed E-state index contributed by atoms with van der Waals surface area (Å²) in [5.41, 5.74) is 1.53. The molecule has 0 bridgehead atoms. The van der Waals surface area contributed by atoms with Gasteiger partial charge in [-0.15, -0.1) is 0 Å². The number of hydrogen-bond acceptors (Lipinski definition) is 2. The minimum Gasteiger partial charge on any atom is -0.490 e. The van der Waals surface area contributed by atoms with Crippen molar-refractivity contribution >= 4 is 15.9 Å². The average Bonchev–Trinajstić information content (AvgIpc) is 2.29. The van der Waals surface area contributed by atoms with Crippen molar-refractivity contribution in [2.75, 3.05) is 13.2 Å². The van der Waals surface area contributed by atoms with E-state index >= 15 is 0 Å². The van der Waals surface area contributed by atoms with E-state index in [4.69, 9.17) is 9.47 Å². The number of rotatable bonds is 6. The molecule has 0 radical (unpaired) electrons. The van der Waals surface area contributed by atoms with Crippen molar-refractivity contribution in [3.63, 3.8) is 0 Å². The summed E-state index contributed by atoms with van der Waals surface area (Å²) in [7, 11) is 0. The molecule has 108 valence electrons. The van der Waals surface area contributed by atoms with Crippen molar-refractivity contribution in [3.8, 4) is 11.5 Å². The van der Waals surface area contributed by atoms with Gasteiger partial charge in [-0.25, -0.2) is 0 Å². The van der Waals surface area contributed by atoms with Gasteiger partial charge >= 0.3 is 0 Å². The molecule has 0 saturated heterocycles. The molecular formula is C16H25BrO2. The van der Waals surface area contributed by atoms with Crippen LogP contribution < -0.4 is 9.47 Å². The predicted octanol–water partition coefficient (Wildman–Crippen LogP) is 5.36. The molecule has 1 atom stereocenters. The molecule has 0 spiro atoms. The van der Waals surface area contributed by atoms with Crippen LogP contribution in [0.2, 0.25) is 0 Å². The number of hydrogen-bond donors (Lipinski definition) is 0. The molecule has 1 aromatic carbocycles. The average molecular weight is 329 g/mol. The molecule has 1 unspecified atom stereocenters. The van der Waals surface area contributed by atoms with Gasteiger partial charge < -0.3 is 9.47 Å². The van der Waals surface area contributed by atoms with E-state index in [1.807, 2.05) is 19.9 Å². The van der Waals surface area contributed by atoms with Crippen molar-refractivity contribution in [1.82, 2.24) is 0 Å². The molecule has 0 amide bonds. The van der Waals surface area contributed by atoms with E-state index in [2.05, 4.69) is 48.8 Å². The quantitative estimate of drug-likeness (QED) is 0.655. The Morgan fingerprint density at radius 1 is 1.05 bits per heavy atom. The summed E-state index contributed by atoms with van der Waals surface area (Å²) in [6.45, 7) is 12.0. The highest BCUT2D eigenvalue weighted by Gasteiger charge is 2.19. The lowest BCUT2D eigenvalue weighted by Crippen LogP contribution is -2.08. The van der Waals surface area contributed by atoms with Crippen LogP contribution in [0.4, 0.5) is 0 Å². The lowest BCUT2D eigenvalue weighted by atomic mass is 9.88. The van der Waals surface area contributed by atoms with Gasteiger partial charge in [-0.1, -0.05) is 42.8 Å². The van der Waals surface area contributed by atoms with Crippen LogP contribution in [-0.2, 0) is 0 Å². The van der Waals surface area contributed by atoms with Gasteiger partial charge in [0, 0.05) is 4.83 Å². The van der Waals surface area contributed by atoms with E-state index < -0.39 is 0 Å². The molecule has 1 aromatic rings. The fraction of sp³-hybridized carbons (Fsp3) is 0.625. The topological polar surface area (TPSA) is 18.5 Å². The molecule has 1 rings (SSSR count). The second kappa shape index (κ2) is 7.18. The van der Waals surface area contributed by atoms with Gasteiger partial charge in [0.05, 0.1) is 13.2 Å². The smallest absolute Gasteiger partial charge is 0.161 e. The molecule has 0 saturated carbocycles. The van der Waals surface area contributed by atoms with Crippen LogP contribution in [-0.4, -0.2) is 13.2 Å². The SMILES string of the molecule is CCOc1ccc(C(Br)CC(C)(C)C)cc1OCC. The van der Waals surface area contributed by atoms with E-state index in [9.17, 15) is 0 Å². The van der Waals surface area contributed by atoms with E-state index in [0.717, 1.165) is 17.9 Å². The van der Waals surface area contributed by atoms with Gasteiger partial charge in [0.2, 0.25) is 0 Å². The Morgan fingerprint density at radius 2 is 1.63 bits per heavy atom. The molecule has 3 heteroatoms. The number of alkyl halides is 1. The molecular weight excluding hydrogens is 304 g/mol. The molecule has 0 N–H and O–H groups in total. The summed E-state index contributed by atoms with van der Waals surface area (Å²) >= 11 is 3.77. The molecule has 0 aliphatic carbocycles. The van der Waals surface area contributed by atoms with Crippen molar-refractivity contribution in [2.45, 2.75) is 45.9 Å². The first-order chi connectivity index (χ1) is 8.87. The Balaban J connectivity index is 2.93. The standard InChI is InChI=1S/C16H25BrO2/c1-6-18-14-9-8-12(10-15(14)19-7-2)13(17)11-16(3,4)5/h8-10,13H,6-7,11H2,1-5H3. The lowest BCUT2D eigenvalue weighted by Gasteiger charge is -2.23. The van der Waals surface area contributed by atoms with Crippen LogP contribution in [0, 0.1) is 5.41 Å². The molecule has 0 aliphatic rings. The summed E-state index contributed by atoms with van der Waals surface area (Å²) in [5.74, 6) is 1.66. The first-order valence-electron chi connectivity index (χ1n) is 6.91. The van der Waals surface area contributed by atoms with Gasteiger partial charge in [-0.05, 0) is 43.4 Å². The first-order valence-corrected chi connectivity index (χ1v) is 7.82. The van der Waals surface area contributed by atoms with Crippen LogP contribution in [0.1, 0.15) is 51.4 Å². The summed E-state index contributed by atoms with van der Waals surface area (Å²) < 4.78 is 11.2. The van der Waals surface area contributed by atoms with Crippen molar-refractivity contribution in [3.05, 3.63) is 23.8 Å². The summed E-state index contributed by atoms with van der Waals surface area (Å²) in [6.07, 6.45) is 1.08. The molecule has 2 nitrogen and oxygen atoms in total. The fourth-order valence-corrected chi connectivity index (χ4v) is 3.17. The zero-order valence-corrected chi connectivity index (χ0v) is 14.2. The van der Waals surface area contributed by atoms with Crippen LogP contribution in [0.3, 0.4) is 0 Å². The minimum absolute atomic E-state index is 0.290. The second-order valence-corrected chi connectivity index (χ2v) is 6.91. The Bertz CT molecular complexity index is 396. The normalized spacial score (nSPS) is 13.2. The summed E-state index contributed by atoms with van der Waals surface area (Å²) in [4.78, 5) is 0.336. The monoisotopic (exact) mass is 328 g/mol. The van der Waals surface area contributed by atoms with Crippen molar-refractivity contribution in [1.29, 1.82) is 0 Å². The van der Waals surface area contributed by atoms with E-state index in [0.29, 0.717) is 23.5 Å². The summed E-state index contributed by atoms with van der Waals surface area (Å²) in [6, 6.07) is 6.19. The molecule has 0 aromatic heterocycles. The van der Waals surface area contributed by atoms with Gasteiger partial charge in [-0.3, -0.25) is 0 Å². The second-order valence-electron chi connectivity index (χ2n) is 5.80. The Kier molecular flexibility index (Phi) is 6.18. The van der Waals surface area contributed by atoms with Crippen LogP contribution >= 0.6 is 15.9 Å². The van der Waals surface area contributed by atoms with Crippen LogP contribution in [0.15, 0.2) is 18.2 Å². The van der Waals surface area contributed by atoms with E-state index in [-0.39, 0.29) is 0 Å². The number of benzene rings is 1. The predicted molar refractivity (Wildman–Crippen MR) is 84.5 cm³/mol. The van der Waals surface area contributed by atoms with E-state index in [1.165, 1.54) is 5.56 Å². The minimum atomic E-state index is 0.290. The largest absolute Gasteiger partial charge is 0.490 e. The fourth-order valence-electron chi connectivity index (χ4n) is 1.92. The van der Waals surface area contributed by atoms with Crippen molar-refractivity contribution < 1.29 is 9.47 Å². The lowest BCUT2D eigenvalue weighted by molar-refractivity contribution is 0.287. The number of halogens is 1. The third-order valence-corrected chi connectivity index (χ3v) is 3.57. The third-order valence-electron chi connectivity index (χ3n) is 2.72. The Labute approximate surface area is 125 Å². The zero-order chi connectivity index (χ0) is 14.5. The molecule has 0 heterocycles. The maximum Gasteiger partial charge on any atom is 0.161 e. The maximum atomic E-state index is 5.66. The highest BCUT2D eigenvalue weighted by molar-refractivity contribution is 9.09. The van der Waals surface area contributed by atoms with Crippen molar-refractivity contribution in [2.24, 2.45) is 5.41 Å². The maximum absolute atomic E-state index is 5.66. The highest BCUT2D eigenvalue weighted by Crippen LogP contribution is 2.39. The van der Waals surface area contributed by atoms with Crippen LogP contribution in [0.5, 0.6) is 11.5 Å². The van der Waals surface area contributed by atoms with Crippen LogP contribution in [0.25, 0.3) is 0 Å². The van der Waals surface area contributed by atoms with Gasteiger partial charge in [0.1, 0.15) is 0 Å². The Morgan fingerprint density at radius 3 is 2.16 bits per heavy atom. The van der Waals surface area contributed by atoms with Gasteiger partial charge in [0.25, 0.3) is 0 Å². The molecule has 0 aliphatic heterocycles.